The van der Waals surface area contributed by atoms with Gasteiger partial charge in [-0.15, -0.1) is 11.8 Å². The molecule has 0 saturated heterocycles. The van der Waals surface area contributed by atoms with Crippen molar-refractivity contribution in [2.45, 2.75) is 17.7 Å². The molecule has 1 atom stereocenters. The monoisotopic (exact) mass is 603 g/mol. The van der Waals surface area contributed by atoms with Gasteiger partial charge in [-0.05, 0) is 48.0 Å². The SMILES string of the molecule is CC1/C=C\C([P+](O)(c2ccccc2)c2ccccc2)=C/CSc2cc(P(=O)(c3ccccc3)c3ccccc3)ccc21. The predicted molar refractivity (Wildman–Crippen MR) is 183 cm³/mol. The molecule has 5 aromatic carbocycles. The van der Waals surface area contributed by atoms with E-state index in [-0.39, 0.29) is 5.92 Å². The second-order valence-corrected chi connectivity index (χ2v) is 17.0. The third-order valence-corrected chi connectivity index (χ3v) is 15.0. The van der Waals surface area contributed by atoms with Gasteiger partial charge >= 0.3 is 0 Å². The summed E-state index contributed by atoms with van der Waals surface area (Å²) < 4.78 is 15.0. The molecular weight excluding hydrogens is 570 g/mol. The van der Waals surface area contributed by atoms with E-state index in [0.717, 1.165) is 36.7 Å². The molecule has 0 aromatic heterocycles. The standard InChI is InChI=1S/C37H33O2P2S/c1-29-22-23-34(40(38,30-14-6-2-7-15-30)31-16-8-3-9-17-31)26-27-42-37-28-35(24-25-36(29)37)41(39,32-18-10-4-11-19-32)33-20-12-5-13-21-33/h2-26,28-29,38H,27H2,1H3/q+1/b23-22-,34-26+. The van der Waals surface area contributed by atoms with Crippen LogP contribution in [0.25, 0.3) is 0 Å². The van der Waals surface area contributed by atoms with Crippen molar-refractivity contribution in [1.82, 2.24) is 0 Å². The first kappa shape index (κ1) is 28.7. The second kappa shape index (κ2) is 12.4. The van der Waals surface area contributed by atoms with Gasteiger partial charge in [0.1, 0.15) is 15.9 Å². The molecule has 1 aliphatic rings. The van der Waals surface area contributed by atoms with Gasteiger partial charge in [-0.1, -0.05) is 122 Å². The number of fused-ring (bicyclic) bond motifs is 1. The molecule has 6 rings (SSSR count). The molecule has 1 heterocycles. The Bertz CT molecular complexity index is 1690. The van der Waals surface area contributed by atoms with Crippen LogP contribution in [0.3, 0.4) is 0 Å². The lowest BCUT2D eigenvalue weighted by Gasteiger charge is -2.22. The van der Waals surface area contributed by atoms with Crippen LogP contribution in [0.2, 0.25) is 0 Å². The van der Waals surface area contributed by atoms with Crippen LogP contribution in [0, 0.1) is 0 Å². The fourth-order valence-corrected chi connectivity index (χ4v) is 12.3. The van der Waals surface area contributed by atoms with E-state index < -0.39 is 14.6 Å². The summed E-state index contributed by atoms with van der Waals surface area (Å²) in [7, 11) is -5.92. The summed E-state index contributed by atoms with van der Waals surface area (Å²) in [4.78, 5) is 13.7. The molecule has 0 radical (unpaired) electrons. The molecule has 2 nitrogen and oxygen atoms in total. The highest BCUT2D eigenvalue weighted by Crippen LogP contribution is 2.60. The van der Waals surface area contributed by atoms with Gasteiger partial charge < -0.3 is 4.57 Å². The lowest BCUT2D eigenvalue weighted by Crippen LogP contribution is -2.25. The lowest BCUT2D eigenvalue weighted by molar-refractivity contribution is 0.592. The van der Waals surface area contributed by atoms with Gasteiger partial charge in [-0.2, -0.15) is 0 Å². The highest BCUT2D eigenvalue weighted by atomic mass is 32.2. The van der Waals surface area contributed by atoms with E-state index in [1.807, 2.05) is 127 Å². The first-order valence-electron chi connectivity index (χ1n) is 14.1. The Labute approximate surface area is 253 Å². The van der Waals surface area contributed by atoms with Crippen LogP contribution in [0.4, 0.5) is 0 Å². The zero-order chi connectivity index (χ0) is 29.0. The van der Waals surface area contributed by atoms with Gasteiger partial charge in [0, 0.05) is 32.5 Å². The smallest absolute Gasteiger partial charge is 0.238 e. The minimum Gasteiger partial charge on any atom is -0.309 e. The summed E-state index contributed by atoms with van der Waals surface area (Å²) in [6.07, 6.45) is 6.50. The van der Waals surface area contributed by atoms with Crippen LogP contribution in [-0.2, 0) is 4.57 Å². The fraction of sp³-hybridized carbons (Fsp3) is 0.0811. The molecule has 42 heavy (non-hydrogen) atoms. The molecule has 0 aliphatic carbocycles. The van der Waals surface area contributed by atoms with Crippen molar-refractivity contribution >= 4 is 52.9 Å². The Morgan fingerprint density at radius 2 is 1.19 bits per heavy atom. The van der Waals surface area contributed by atoms with Gasteiger partial charge in [-0.25, -0.2) is 4.89 Å². The van der Waals surface area contributed by atoms with Crippen LogP contribution < -0.4 is 26.5 Å². The number of hydrogen-bond donors (Lipinski definition) is 1. The summed E-state index contributed by atoms with van der Waals surface area (Å²) in [6.45, 7) is 2.19. The molecule has 0 saturated carbocycles. The third kappa shape index (κ3) is 5.39. The zero-order valence-corrected chi connectivity index (χ0v) is 26.1. The van der Waals surface area contributed by atoms with Crippen LogP contribution in [-0.4, -0.2) is 10.6 Å². The number of thioether (sulfide) groups is 1. The molecule has 1 unspecified atom stereocenters. The van der Waals surface area contributed by atoms with E-state index in [0.29, 0.717) is 5.75 Å². The predicted octanol–water partition coefficient (Wildman–Crippen LogP) is 7.55. The molecule has 0 bridgehead atoms. The normalized spacial score (nSPS) is 17.6. The van der Waals surface area contributed by atoms with Gasteiger partial charge in [-0.3, -0.25) is 0 Å². The van der Waals surface area contributed by atoms with Crippen LogP contribution in [0.5, 0.6) is 0 Å². The fourth-order valence-electron chi connectivity index (χ4n) is 5.55. The topological polar surface area (TPSA) is 37.3 Å². The number of benzene rings is 5. The van der Waals surface area contributed by atoms with E-state index >= 15 is 4.57 Å². The van der Waals surface area contributed by atoms with Gasteiger partial charge in [0.25, 0.3) is 0 Å². The molecule has 208 valence electrons. The van der Waals surface area contributed by atoms with Crippen molar-refractivity contribution in [3.05, 3.63) is 169 Å². The van der Waals surface area contributed by atoms with Gasteiger partial charge in [0.15, 0.2) is 7.14 Å². The van der Waals surface area contributed by atoms with E-state index in [1.165, 1.54) is 5.56 Å². The van der Waals surface area contributed by atoms with E-state index in [9.17, 15) is 4.89 Å². The van der Waals surface area contributed by atoms with Crippen molar-refractivity contribution in [3.8, 4) is 0 Å². The summed E-state index contributed by atoms with van der Waals surface area (Å²) >= 11 is 1.74. The van der Waals surface area contributed by atoms with Crippen molar-refractivity contribution in [1.29, 1.82) is 0 Å². The molecule has 0 spiro atoms. The van der Waals surface area contributed by atoms with Gasteiger partial charge in [0.05, 0.1) is 0 Å². The largest absolute Gasteiger partial charge is 0.309 e. The van der Waals surface area contributed by atoms with Crippen molar-refractivity contribution in [2.75, 3.05) is 5.75 Å². The maximum absolute atomic E-state index is 15.0. The molecule has 0 fully saturated rings. The molecule has 5 heteroatoms. The minimum atomic E-state index is -3.08. The maximum atomic E-state index is 15.0. The zero-order valence-electron chi connectivity index (χ0n) is 23.5. The molecular formula is C37H33O2P2S+. The quantitative estimate of drug-likeness (QED) is 0.204. The molecule has 1 aliphatic heterocycles. The van der Waals surface area contributed by atoms with Crippen LogP contribution in [0.15, 0.2) is 168 Å². The van der Waals surface area contributed by atoms with Gasteiger partial charge in [0.2, 0.25) is 7.49 Å². The first-order valence-corrected chi connectivity index (χ1v) is 18.6. The van der Waals surface area contributed by atoms with E-state index in [1.54, 1.807) is 11.8 Å². The summed E-state index contributed by atoms with van der Waals surface area (Å²) in [5, 5.41) is 5.33. The summed E-state index contributed by atoms with van der Waals surface area (Å²) in [5.41, 5.74) is 1.20. The Kier molecular flexibility index (Phi) is 8.48. The average molecular weight is 604 g/mol. The first-order chi connectivity index (χ1) is 20.5. The number of hydrogen-bond acceptors (Lipinski definition) is 3. The Balaban J connectivity index is 1.43. The second-order valence-electron chi connectivity index (χ2n) is 10.4. The lowest BCUT2D eigenvalue weighted by atomic mass is 10.0. The number of rotatable bonds is 6. The highest BCUT2D eigenvalue weighted by Gasteiger charge is 2.45. The maximum Gasteiger partial charge on any atom is 0.238 e. The summed E-state index contributed by atoms with van der Waals surface area (Å²) in [6, 6.07) is 46.1. The Hall–Kier alpha value is -3.45. The Morgan fingerprint density at radius 1 is 0.690 bits per heavy atom. The van der Waals surface area contributed by atoms with Crippen molar-refractivity contribution in [3.63, 3.8) is 0 Å². The molecule has 0 amide bonds. The van der Waals surface area contributed by atoms with Crippen molar-refractivity contribution in [2.24, 2.45) is 0 Å². The third-order valence-electron chi connectivity index (χ3n) is 7.81. The average Bonchev–Trinajstić information content (AvgIpc) is 3.14. The number of allylic oxidation sites excluding steroid dienone is 3. The molecule has 5 aromatic rings. The Morgan fingerprint density at radius 3 is 1.71 bits per heavy atom. The van der Waals surface area contributed by atoms with Crippen LogP contribution in [0.1, 0.15) is 18.4 Å². The summed E-state index contributed by atoms with van der Waals surface area (Å²) in [5.74, 6) is 0.794. The van der Waals surface area contributed by atoms with E-state index in [2.05, 4.69) is 37.3 Å². The highest BCUT2D eigenvalue weighted by molar-refractivity contribution is 7.99. The molecule has 1 N–H and O–H groups in total. The van der Waals surface area contributed by atoms with Crippen molar-refractivity contribution < 1.29 is 9.46 Å². The minimum absolute atomic E-state index is 0.107. The van der Waals surface area contributed by atoms with E-state index in [4.69, 9.17) is 0 Å². The van der Waals surface area contributed by atoms with Crippen LogP contribution >= 0.6 is 26.4 Å².